The van der Waals surface area contributed by atoms with Gasteiger partial charge in [-0.3, -0.25) is 14.6 Å². The third kappa shape index (κ3) is 4.87. The summed E-state index contributed by atoms with van der Waals surface area (Å²) in [5.41, 5.74) is 2.78. The Bertz CT molecular complexity index is 1260. The summed E-state index contributed by atoms with van der Waals surface area (Å²) >= 11 is 0. The molecule has 0 unspecified atom stereocenters. The Morgan fingerprint density at radius 1 is 1.22 bits per heavy atom. The van der Waals surface area contributed by atoms with E-state index in [-0.39, 0.29) is 11.8 Å². The lowest BCUT2D eigenvalue weighted by Gasteiger charge is -2.04. The predicted octanol–water partition coefficient (Wildman–Crippen LogP) is 3.96. The number of fused-ring (bicyclic) bond motifs is 1. The van der Waals surface area contributed by atoms with E-state index in [0.717, 1.165) is 35.2 Å². The predicted molar refractivity (Wildman–Crippen MR) is 122 cm³/mol. The Hall–Kier alpha value is -4.32. The van der Waals surface area contributed by atoms with Gasteiger partial charge in [-0.25, -0.2) is 0 Å². The highest BCUT2D eigenvalue weighted by molar-refractivity contribution is 5.94. The van der Waals surface area contributed by atoms with Crippen LogP contribution < -0.4 is 15.4 Å². The maximum absolute atomic E-state index is 11.4. The van der Waals surface area contributed by atoms with Crippen molar-refractivity contribution in [3.05, 3.63) is 60.4 Å². The molecule has 3 N–H and O–H groups in total. The molecule has 162 valence electrons. The van der Waals surface area contributed by atoms with Crippen LogP contribution in [-0.2, 0) is 11.8 Å². The molecule has 2 aromatic heterocycles. The molecular formula is C23H23N7O2. The molecule has 2 aromatic carbocycles. The van der Waals surface area contributed by atoms with Crippen molar-refractivity contribution in [1.82, 2.24) is 20.0 Å². The largest absolute Gasteiger partial charge is 0.497 e. The van der Waals surface area contributed by atoms with Crippen molar-refractivity contribution in [2.45, 2.75) is 12.8 Å². The molecule has 32 heavy (non-hydrogen) atoms. The Kier molecular flexibility index (Phi) is 6.03. The van der Waals surface area contributed by atoms with E-state index >= 15 is 0 Å². The first-order valence-corrected chi connectivity index (χ1v) is 10.2. The molecule has 0 saturated heterocycles. The first kappa shape index (κ1) is 20.9. The number of nitrogens with zero attached hydrogens (tertiary/aromatic N) is 4. The van der Waals surface area contributed by atoms with Crippen molar-refractivity contribution < 1.29 is 9.53 Å². The van der Waals surface area contributed by atoms with Crippen LogP contribution in [-0.4, -0.2) is 33.0 Å². The smallest absolute Gasteiger partial charge is 0.227 e. The third-order valence-corrected chi connectivity index (χ3v) is 4.96. The fourth-order valence-electron chi connectivity index (χ4n) is 3.11. The Morgan fingerprint density at radius 2 is 1.97 bits per heavy atom. The minimum absolute atomic E-state index is 0.134. The summed E-state index contributed by atoms with van der Waals surface area (Å²) in [7, 11) is 3.40. The molecule has 0 aliphatic heterocycles. The highest BCUT2D eigenvalue weighted by atomic mass is 16.5. The highest BCUT2D eigenvalue weighted by Gasteiger charge is 2.29. The minimum Gasteiger partial charge on any atom is -0.497 e. The van der Waals surface area contributed by atoms with Gasteiger partial charge in [-0.2, -0.15) is 15.5 Å². The lowest BCUT2D eigenvalue weighted by molar-refractivity contribution is -0.117. The lowest BCUT2D eigenvalue weighted by atomic mass is 10.2. The third-order valence-electron chi connectivity index (χ3n) is 4.96. The number of benzene rings is 2. The zero-order valence-corrected chi connectivity index (χ0v) is 17.8. The van der Waals surface area contributed by atoms with E-state index in [4.69, 9.17) is 10.00 Å². The number of ether oxygens (including phenoxy) is 1. The molecule has 9 nitrogen and oxygen atoms in total. The number of anilines is 3. The molecule has 1 aliphatic carbocycles. The van der Waals surface area contributed by atoms with Crippen molar-refractivity contribution in [3.63, 3.8) is 0 Å². The van der Waals surface area contributed by atoms with E-state index in [1.165, 1.54) is 0 Å². The zero-order valence-electron chi connectivity index (χ0n) is 17.8. The quantitative estimate of drug-likeness (QED) is 0.442. The van der Waals surface area contributed by atoms with Gasteiger partial charge in [0.05, 0.1) is 18.3 Å². The number of H-pyrrole nitrogens is 1. The molecule has 2 heterocycles. The molecule has 1 saturated carbocycles. The van der Waals surface area contributed by atoms with Gasteiger partial charge in [-0.15, -0.1) is 0 Å². The number of carbonyl (C=O) groups is 1. The van der Waals surface area contributed by atoms with Gasteiger partial charge in [0.15, 0.2) is 11.5 Å². The van der Waals surface area contributed by atoms with E-state index in [2.05, 4.69) is 25.9 Å². The van der Waals surface area contributed by atoms with Crippen LogP contribution in [0.4, 0.5) is 17.2 Å². The van der Waals surface area contributed by atoms with Gasteiger partial charge in [0.2, 0.25) is 5.91 Å². The van der Waals surface area contributed by atoms with Crippen LogP contribution in [0.5, 0.6) is 5.75 Å². The number of methoxy groups -OCH3 is 1. The van der Waals surface area contributed by atoms with Crippen molar-refractivity contribution in [3.8, 4) is 11.8 Å². The molecule has 0 spiro atoms. The van der Waals surface area contributed by atoms with Crippen molar-refractivity contribution in [2.75, 3.05) is 17.7 Å². The molecule has 0 radical (unpaired) electrons. The first-order chi connectivity index (χ1) is 15.6. The van der Waals surface area contributed by atoms with Gasteiger partial charge >= 0.3 is 0 Å². The number of hydrogen-bond acceptors (Lipinski definition) is 6. The van der Waals surface area contributed by atoms with Gasteiger partial charge < -0.3 is 15.4 Å². The zero-order chi connectivity index (χ0) is 22.5. The Morgan fingerprint density at radius 3 is 2.66 bits per heavy atom. The van der Waals surface area contributed by atoms with Crippen LogP contribution in [0.25, 0.3) is 10.9 Å². The Balaban J connectivity index is 0.000000158. The SMILES string of the molecule is COc1ccc(NC(=O)C2CC2)cc1.Cn1cc(Nc2n[nH]c3ccccc23)c(C#N)n1. The second-order valence-corrected chi connectivity index (χ2v) is 7.41. The van der Waals surface area contributed by atoms with Crippen molar-refractivity contribution >= 4 is 34.0 Å². The topological polar surface area (TPSA) is 121 Å². The van der Waals surface area contributed by atoms with E-state index in [1.54, 1.807) is 25.0 Å². The lowest BCUT2D eigenvalue weighted by Crippen LogP contribution is -2.12. The summed E-state index contributed by atoms with van der Waals surface area (Å²) in [5, 5.41) is 27.1. The normalized spacial score (nSPS) is 12.4. The number of aromatic nitrogens is 4. The van der Waals surface area contributed by atoms with Gasteiger partial charge in [0.25, 0.3) is 0 Å². The summed E-state index contributed by atoms with van der Waals surface area (Å²) in [5.74, 6) is 1.87. The molecule has 1 aliphatic rings. The van der Waals surface area contributed by atoms with E-state index in [0.29, 0.717) is 17.2 Å². The number of nitriles is 1. The summed E-state index contributed by atoms with van der Waals surface area (Å²) in [6, 6.07) is 17.2. The molecule has 1 fully saturated rings. The standard InChI is InChI=1S/C12H10N6.C11H13NO2/c1-18-7-11(10(6-13)17-18)14-12-8-4-2-3-5-9(8)15-16-12;1-14-10-6-4-9(5-7-10)12-11(13)8-2-3-8/h2-5,7H,1H3,(H2,14,15,16);4-8H,2-3H2,1H3,(H,12,13). The monoisotopic (exact) mass is 429 g/mol. The van der Waals surface area contributed by atoms with Gasteiger partial charge in [-0.05, 0) is 49.2 Å². The fourth-order valence-corrected chi connectivity index (χ4v) is 3.11. The van der Waals surface area contributed by atoms with Crippen LogP contribution in [0.1, 0.15) is 18.5 Å². The molecule has 0 atom stereocenters. The van der Waals surface area contributed by atoms with Crippen LogP contribution >= 0.6 is 0 Å². The van der Waals surface area contributed by atoms with Crippen LogP contribution in [0.2, 0.25) is 0 Å². The van der Waals surface area contributed by atoms with Crippen molar-refractivity contribution in [1.29, 1.82) is 5.26 Å². The van der Waals surface area contributed by atoms with Gasteiger partial charge in [0, 0.05) is 30.2 Å². The number of para-hydroxylation sites is 1. The molecule has 1 amide bonds. The van der Waals surface area contributed by atoms with E-state index in [1.807, 2.05) is 54.6 Å². The first-order valence-electron chi connectivity index (χ1n) is 10.2. The number of rotatable bonds is 5. The fraction of sp³-hybridized carbons (Fsp3) is 0.217. The molecular weight excluding hydrogens is 406 g/mol. The molecule has 0 bridgehead atoms. The number of hydrogen-bond donors (Lipinski definition) is 3. The Labute approximate surface area is 185 Å². The summed E-state index contributed by atoms with van der Waals surface area (Å²) < 4.78 is 6.61. The average Bonchev–Trinajstić information content (AvgIpc) is 3.51. The van der Waals surface area contributed by atoms with Gasteiger partial charge in [-0.1, -0.05) is 12.1 Å². The number of carbonyl (C=O) groups excluding carboxylic acids is 1. The van der Waals surface area contributed by atoms with Crippen LogP contribution in [0.15, 0.2) is 54.7 Å². The number of aromatic amines is 1. The summed E-state index contributed by atoms with van der Waals surface area (Å²) in [4.78, 5) is 11.4. The molecule has 4 aromatic rings. The van der Waals surface area contributed by atoms with Crippen LogP contribution in [0.3, 0.4) is 0 Å². The minimum atomic E-state index is 0.134. The second-order valence-electron chi connectivity index (χ2n) is 7.41. The molecule has 9 heteroatoms. The molecule has 5 rings (SSSR count). The van der Waals surface area contributed by atoms with E-state index < -0.39 is 0 Å². The maximum Gasteiger partial charge on any atom is 0.227 e. The van der Waals surface area contributed by atoms with Gasteiger partial charge in [0.1, 0.15) is 11.8 Å². The maximum atomic E-state index is 11.4. The number of aryl methyl sites for hydroxylation is 1. The summed E-state index contributed by atoms with van der Waals surface area (Å²) in [6.07, 6.45) is 3.81. The average molecular weight is 429 g/mol. The van der Waals surface area contributed by atoms with Crippen molar-refractivity contribution in [2.24, 2.45) is 13.0 Å². The second kappa shape index (κ2) is 9.22. The number of amides is 1. The highest BCUT2D eigenvalue weighted by Crippen LogP contribution is 2.30. The number of nitrogens with one attached hydrogen (secondary N) is 3. The van der Waals surface area contributed by atoms with Crippen LogP contribution in [0, 0.1) is 17.2 Å². The summed E-state index contributed by atoms with van der Waals surface area (Å²) in [6.45, 7) is 0. The van der Waals surface area contributed by atoms with E-state index in [9.17, 15) is 4.79 Å².